The number of benzene rings is 1. The molecule has 2 N–H and O–H groups in total. The van der Waals surface area contributed by atoms with E-state index >= 15 is 0 Å². The van der Waals surface area contributed by atoms with Crippen molar-refractivity contribution in [2.24, 2.45) is 17.8 Å². The number of nitrogens with zero attached hydrogens (tertiary/aromatic N) is 3. The topological polar surface area (TPSA) is 155 Å². The summed E-state index contributed by atoms with van der Waals surface area (Å²) in [4.78, 5) is 61.2. The second-order valence-corrected chi connectivity index (χ2v) is 15.7. The maximum atomic E-state index is 14.4. The van der Waals surface area contributed by atoms with Gasteiger partial charge >= 0.3 is 6.09 Å². The van der Waals surface area contributed by atoms with Crippen molar-refractivity contribution in [1.82, 2.24) is 24.8 Å². The van der Waals surface area contributed by atoms with Crippen LogP contribution in [0, 0.1) is 29.5 Å². The fraction of sp³-hybridized carbons (Fsp3) is 0.500. The lowest BCUT2D eigenvalue weighted by Gasteiger charge is -2.31. The highest BCUT2D eigenvalue weighted by Crippen LogP contribution is 2.45. The minimum absolute atomic E-state index is 0.00554. The summed E-state index contributed by atoms with van der Waals surface area (Å²) >= 11 is 0. The molecule has 0 radical (unpaired) electrons. The molecule has 3 fully saturated rings. The first-order chi connectivity index (χ1) is 23.2. The molecule has 4 amide bonds. The van der Waals surface area contributed by atoms with E-state index < -0.39 is 80.4 Å². The molecule has 5 atom stereocenters. The number of likely N-dealkylation sites (tertiary alicyclic amines) is 1. The Hall–Kier alpha value is -4.40. The van der Waals surface area contributed by atoms with Gasteiger partial charge in [0.25, 0.3) is 5.91 Å². The smallest absolute Gasteiger partial charge is 0.410 e. The summed E-state index contributed by atoms with van der Waals surface area (Å²) in [5.74, 6) is -4.54. The van der Waals surface area contributed by atoms with E-state index in [0.29, 0.717) is 29.5 Å². The first kappa shape index (κ1) is 34.5. The standard InChI is InChI=1S/C34H39F2N5O7S/c1-4-22-14-34(22,32(44)39-49(46,47)24-9-10-24)38-30(42)28-13-23(48-33(45)40-16-21-6-5-7-27(35)26(21)18-40)17-41(28)31(43)25(19(2)3)12-20-8-11-29(36)37-15-20/h4-8,11,15,19,22-25,28H,1,9-10,12-14,16-18H2,2-3H3,(H,38,42)(H,39,44)/t22-,23-,25+,28+,34-/m1/s1. The molecule has 12 nitrogen and oxygen atoms in total. The number of rotatable bonds is 11. The molecular formula is C34H39F2N5O7S. The number of carbonyl (C=O) groups excluding carboxylic acids is 4. The largest absolute Gasteiger partial charge is 0.444 e. The number of nitrogens with one attached hydrogen (secondary N) is 2. The van der Waals surface area contributed by atoms with E-state index in [1.807, 2.05) is 13.8 Å². The molecule has 2 aromatic rings. The number of hydrogen-bond donors (Lipinski definition) is 2. The van der Waals surface area contributed by atoms with Crippen molar-refractivity contribution in [2.45, 2.75) is 82.0 Å². The van der Waals surface area contributed by atoms with Crippen LogP contribution in [0.4, 0.5) is 13.6 Å². The normalized spacial score (nSPS) is 25.0. The van der Waals surface area contributed by atoms with Crippen LogP contribution in [0.5, 0.6) is 0 Å². The Labute approximate surface area is 283 Å². The third kappa shape index (κ3) is 7.03. The summed E-state index contributed by atoms with van der Waals surface area (Å²) in [6, 6.07) is 6.14. The molecule has 262 valence electrons. The SMILES string of the molecule is C=C[C@@H]1C[C@]1(NC(=O)[C@@H]1C[C@@H](OC(=O)N2Cc3cccc(F)c3C2)CN1C(=O)[C@@H](Cc1ccc(F)nc1)C(C)C)C(=O)NS(=O)(=O)C1CC1. The van der Waals surface area contributed by atoms with Gasteiger partial charge in [-0.05, 0) is 54.9 Å². The van der Waals surface area contributed by atoms with Crippen LogP contribution in [0.25, 0.3) is 0 Å². The number of aromatic nitrogens is 1. The van der Waals surface area contributed by atoms with E-state index in [4.69, 9.17) is 4.74 Å². The first-order valence-corrected chi connectivity index (χ1v) is 17.9. The number of halogens is 2. The van der Waals surface area contributed by atoms with E-state index in [9.17, 15) is 36.4 Å². The van der Waals surface area contributed by atoms with Crippen LogP contribution in [0.3, 0.4) is 0 Å². The fourth-order valence-corrected chi connectivity index (χ4v) is 8.09. The van der Waals surface area contributed by atoms with Gasteiger partial charge in [0, 0.05) is 36.6 Å². The number of sulfonamides is 1. The minimum atomic E-state index is -3.91. The Morgan fingerprint density at radius 3 is 2.51 bits per heavy atom. The Morgan fingerprint density at radius 2 is 1.90 bits per heavy atom. The molecule has 2 saturated carbocycles. The fourth-order valence-electron chi connectivity index (χ4n) is 6.72. The van der Waals surface area contributed by atoms with Gasteiger partial charge in [-0.3, -0.25) is 24.0 Å². The molecule has 15 heteroatoms. The van der Waals surface area contributed by atoms with Gasteiger partial charge in [-0.15, -0.1) is 6.58 Å². The predicted octanol–water partition coefficient (Wildman–Crippen LogP) is 2.97. The summed E-state index contributed by atoms with van der Waals surface area (Å²) in [5, 5.41) is 2.06. The maximum Gasteiger partial charge on any atom is 0.410 e. The van der Waals surface area contributed by atoms with Crippen molar-refractivity contribution < 1.29 is 41.1 Å². The van der Waals surface area contributed by atoms with E-state index in [1.54, 1.807) is 12.1 Å². The summed E-state index contributed by atoms with van der Waals surface area (Å²) in [6.45, 7) is 7.40. The second-order valence-electron chi connectivity index (χ2n) is 13.7. The molecule has 1 aromatic heterocycles. The van der Waals surface area contributed by atoms with E-state index in [2.05, 4.69) is 21.6 Å². The number of pyridine rings is 1. The Morgan fingerprint density at radius 1 is 1.14 bits per heavy atom. The molecule has 0 bridgehead atoms. The Balaban J connectivity index is 1.22. The highest BCUT2D eigenvalue weighted by atomic mass is 32.2. The summed E-state index contributed by atoms with van der Waals surface area (Å²) in [6.07, 6.45) is 2.25. The van der Waals surface area contributed by atoms with Crippen LogP contribution in [-0.2, 0) is 48.7 Å². The van der Waals surface area contributed by atoms with Crippen molar-refractivity contribution in [2.75, 3.05) is 6.54 Å². The van der Waals surface area contributed by atoms with E-state index in [-0.39, 0.29) is 44.8 Å². The van der Waals surface area contributed by atoms with Crippen molar-refractivity contribution in [1.29, 1.82) is 0 Å². The number of amides is 4. The summed E-state index contributed by atoms with van der Waals surface area (Å²) in [7, 11) is -3.91. The zero-order valence-electron chi connectivity index (χ0n) is 27.2. The van der Waals surface area contributed by atoms with E-state index in [1.165, 1.54) is 40.3 Å². The average Bonchev–Trinajstić information content (AvgIpc) is 3.94. The van der Waals surface area contributed by atoms with Crippen LogP contribution in [-0.4, -0.2) is 76.5 Å². The van der Waals surface area contributed by atoms with Crippen molar-refractivity contribution in [3.63, 3.8) is 0 Å². The average molecular weight is 700 g/mol. The Bertz CT molecular complexity index is 1780. The van der Waals surface area contributed by atoms with Crippen LogP contribution < -0.4 is 10.0 Å². The quantitative estimate of drug-likeness (QED) is 0.268. The molecule has 2 aliphatic heterocycles. The zero-order valence-corrected chi connectivity index (χ0v) is 28.0. The number of ether oxygens (including phenoxy) is 1. The maximum absolute atomic E-state index is 14.4. The molecule has 0 unspecified atom stereocenters. The molecule has 1 aromatic carbocycles. The number of hydrogen-bond acceptors (Lipinski definition) is 8. The highest BCUT2D eigenvalue weighted by molar-refractivity contribution is 7.91. The van der Waals surface area contributed by atoms with Gasteiger partial charge in [0.1, 0.15) is 23.5 Å². The highest BCUT2D eigenvalue weighted by Gasteiger charge is 2.62. The second kappa shape index (κ2) is 13.1. The molecule has 1 saturated heterocycles. The van der Waals surface area contributed by atoms with Crippen molar-refractivity contribution in [3.05, 3.63) is 77.6 Å². The van der Waals surface area contributed by atoms with Gasteiger partial charge in [-0.2, -0.15) is 4.39 Å². The summed E-state index contributed by atoms with van der Waals surface area (Å²) in [5.41, 5.74) is 0.0774. The minimum Gasteiger partial charge on any atom is -0.444 e. The predicted molar refractivity (Wildman–Crippen MR) is 172 cm³/mol. The van der Waals surface area contributed by atoms with Gasteiger partial charge < -0.3 is 15.0 Å². The lowest BCUT2D eigenvalue weighted by Crippen LogP contribution is -2.57. The summed E-state index contributed by atoms with van der Waals surface area (Å²) < 4.78 is 60.9. The third-order valence-corrected chi connectivity index (χ3v) is 11.7. The first-order valence-electron chi connectivity index (χ1n) is 16.4. The molecule has 2 aliphatic carbocycles. The number of fused-ring (bicyclic) bond motifs is 1. The lowest BCUT2D eigenvalue weighted by molar-refractivity contribution is -0.143. The van der Waals surface area contributed by atoms with Gasteiger partial charge in [-0.1, -0.05) is 38.1 Å². The molecule has 49 heavy (non-hydrogen) atoms. The molecule has 0 spiro atoms. The monoisotopic (exact) mass is 699 g/mol. The van der Waals surface area contributed by atoms with Crippen molar-refractivity contribution >= 4 is 33.8 Å². The molecular weight excluding hydrogens is 660 g/mol. The van der Waals surface area contributed by atoms with Gasteiger partial charge in [0.05, 0.1) is 18.3 Å². The van der Waals surface area contributed by atoms with Crippen molar-refractivity contribution in [3.8, 4) is 0 Å². The van der Waals surface area contributed by atoms with Crippen LogP contribution in [0.1, 0.15) is 56.2 Å². The molecule has 4 aliphatic rings. The Kier molecular flexibility index (Phi) is 9.24. The van der Waals surface area contributed by atoms with Gasteiger partial charge in [0.15, 0.2) is 0 Å². The zero-order chi connectivity index (χ0) is 35.2. The van der Waals surface area contributed by atoms with Gasteiger partial charge in [0.2, 0.25) is 27.8 Å². The number of carbonyl (C=O) groups is 4. The van der Waals surface area contributed by atoms with Crippen LogP contribution in [0.15, 0.2) is 49.2 Å². The van der Waals surface area contributed by atoms with Crippen LogP contribution in [0.2, 0.25) is 0 Å². The van der Waals surface area contributed by atoms with Crippen LogP contribution >= 0.6 is 0 Å². The molecule has 3 heterocycles. The van der Waals surface area contributed by atoms with Gasteiger partial charge in [-0.25, -0.2) is 22.6 Å². The lowest BCUT2D eigenvalue weighted by atomic mass is 9.88. The third-order valence-electron chi connectivity index (χ3n) is 9.92. The molecule has 6 rings (SSSR count). The van der Waals surface area contributed by atoms with E-state index in [0.717, 1.165) is 0 Å².